The van der Waals surface area contributed by atoms with Crippen LogP contribution in [0.1, 0.15) is 24.8 Å². The molecule has 1 aliphatic carbocycles. The van der Waals surface area contributed by atoms with Gasteiger partial charge in [-0.25, -0.2) is 8.42 Å². The van der Waals surface area contributed by atoms with Gasteiger partial charge in [-0.1, -0.05) is 17.7 Å². The highest BCUT2D eigenvalue weighted by Gasteiger charge is 2.34. The molecule has 3 nitrogen and oxygen atoms in total. The minimum atomic E-state index is -3.31. The summed E-state index contributed by atoms with van der Waals surface area (Å²) in [5.41, 5.74) is 1.03. The van der Waals surface area contributed by atoms with Gasteiger partial charge in [-0.15, -0.1) is 0 Å². The number of benzene rings is 1. The van der Waals surface area contributed by atoms with Crippen molar-refractivity contribution in [2.75, 3.05) is 0 Å². The number of Topliss-reactive ketones (excluding diaryl/α,β-unsaturated/α-hetero) is 1. The molecule has 0 aromatic heterocycles. The maximum Gasteiger partial charge on any atom is 0.181 e. The molecule has 4 heteroatoms. The lowest BCUT2D eigenvalue weighted by Crippen LogP contribution is -2.18. The fourth-order valence-electron chi connectivity index (χ4n) is 1.97. The lowest BCUT2D eigenvalue weighted by atomic mass is 10.2. The molecule has 86 valence electrons. The van der Waals surface area contributed by atoms with Crippen LogP contribution in [0.3, 0.4) is 0 Å². The predicted molar refractivity (Wildman–Crippen MR) is 61.0 cm³/mol. The summed E-state index contributed by atoms with van der Waals surface area (Å²) in [7, 11) is -3.31. The van der Waals surface area contributed by atoms with Crippen molar-refractivity contribution < 1.29 is 13.2 Å². The van der Waals surface area contributed by atoms with Crippen molar-refractivity contribution >= 4 is 15.6 Å². The maximum absolute atomic E-state index is 12.1. The molecule has 1 saturated carbocycles. The number of ketones is 1. The molecule has 1 aromatic carbocycles. The minimum Gasteiger partial charge on any atom is -0.300 e. The second kappa shape index (κ2) is 4.01. The molecule has 1 aliphatic rings. The van der Waals surface area contributed by atoms with Gasteiger partial charge in [-0.2, -0.15) is 0 Å². The molecule has 1 fully saturated rings. The molecule has 0 radical (unpaired) electrons. The van der Waals surface area contributed by atoms with E-state index in [1.807, 2.05) is 6.92 Å². The van der Waals surface area contributed by atoms with E-state index in [9.17, 15) is 13.2 Å². The number of sulfone groups is 1. The molecular weight excluding hydrogens is 224 g/mol. The monoisotopic (exact) mass is 238 g/mol. The third-order valence-corrected chi connectivity index (χ3v) is 5.20. The van der Waals surface area contributed by atoms with Crippen molar-refractivity contribution in [3.8, 4) is 0 Å². The Morgan fingerprint density at radius 3 is 2.31 bits per heavy atom. The fourth-order valence-corrected chi connectivity index (χ4v) is 3.70. The maximum atomic E-state index is 12.1. The Labute approximate surface area is 95.4 Å². The summed E-state index contributed by atoms with van der Waals surface area (Å²) in [6.07, 6.45) is 1.04. The summed E-state index contributed by atoms with van der Waals surface area (Å²) in [4.78, 5) is 11.5. The standard InChI is InChI=1S/C12H14O3S/c1-9-2-5-11(6-3-9)16(14,15)12-7-4-10(13)8-12/h2-3,5-6,12H,4,7-8H2,1H3. The zero-order chi connectivity index (χ0) is 11.8. The Hall–Kier alpha value is -1.16. The van der Waals surface area contributed by atoms with Crippen LogP contribution in [0.2, 0.25) is 0 Å². The highest BCUT2D eigenvalue weighted by atomic mass is 32.2. The Morgan fingerprint density at radius 1 is 1.19 bits per heavy atom. The first-order chi connectivity index (χ1) is 7.50. The van der Waals surface area contributed by atoms with Crippen LogP contribution in [0.4, 0.5) is 0 Å². The number of aryl methyl sites for hydroxylation is 1. The van der Waals surface area contributed by atoms with Gasteiger partial charge in [0.25, 0.3) is 0 Å². The summed E-state index contributed by atoms with van der Waals surface area (Å²) in [6, 6.07) is 6.80. The van der Waals surface area contributed by atoms with E-state index in [0.717, 1.165) is 5.56 Å². The van der Waals surface area contributed by atoms with E-state index in [1.54, 1.807) is 24.3 Å². The van der Waals surface area contributed by atoms with E-state index in [4.69, 9.17) is 0 Å². The second-order valence-corrected chi connectivity index (χ2v) is 6.49. The van der Waals surface area contributed by atoms with Gasteiger partial charge >= 0.3 is 0 Å². The molecular formula is C12H14O3S. The van der Waals surface area contributed by atoms with Gasteiger partial charge in [-0.3, -0.25) is 4.79 Å². The topological polar surface area (TPSA) is 51.2 Å². The van der Waals surface area contributed by atoms with Gasteiger partial charge in [-0.05, 0) is 25.5 Å². The molecule has 16 heavy (non-hydrogen) atoms. The number of hydrogen-bond acceptors (Lipinski definition) is 3. The van der Waals surface area contributed by atoms with E-state index in [2.05, 4.69) is 0 Å². The van der Waals surface area contributed by atoms with Gasteiger partial charge in [0.15, 0.2) is 9.84 Å². The largest absolute Gasteiger partial charge is 0.300 e. The lowest BCUT2D eigenvalue weighted by Gasteiger charge is -2.10. The van der Waals surface area contributed by atoms with Gasteiger partial charge in [0.2, 0.25) is 0 Å². The van der Waals surface area contributed by atoms with Crippen LogP contribution < -0.4 is 0 Å². The van der Waals surface area contributed by atoms with Crippen LogP contribution >= 0.6 is 0 Å². The molecule has 1 unspecified atom stereocenters. The lowest BCUT2D eigenvalue weighted by molar-refractivity contribution is -0.117. The first-order valence-corrected chi connectivity index (χ1v) is 6.87. The second-order valence-electron chi connectivity index (χ2n) is 4.26. The van der Waals surface area contributed by atoms with Crippen LogP contribution in [-0.4, -0.2) is 19.5 Å². The average molecular weight is 238 g/mol. The van der Waals surface area contributed by atoms with Crippen LogP contribution in [0, 0.1) is 6.92 Å². The van der Waals surface area contributed by atoms with Gasteiger partial charge < -0.3 is 0 Å². The number of hydrogen-bond donors (Lipinski definition) is 0. The molecule has 0 N–H and O–H groups in total. The van der Waals surface area contributed by atoms with Gasteiger partial charge in [0, 0.05) is 12.8 Å². The first-order valence-electron chi connectivity index (χ1n) is 5.32. The highest BCUT2D eigenvalue weighted by molar-refractivity contribution is 7.92. The molecule has 0 heterocycles. The summed E-state index contributed by atoms with van der Waals surface area (Å²) >= 11 is 0. The molecule has 1 atom stereocenters. The van der Waals surface area contributed by atoms with Crippen LogP contribution in [0.15, 0.2) is 29.2 Å². The van der Waals surface area contributed by atoms with Gasteiger partial charge in [0.1, 0.15) is 5.78 Å². The summed E-state index contributed by atoms with van der Waals surface area (Å²) in [5.74, 6) is 0.0562. The SMILES string of the molecule is Cc1ccc(S(=O)(=O)C2CCC(=O)C2)cc1. The molecule has 2 rings (SSSR count). The van der Waals surface area contributed by atoms with Crippen molar-refractivity contribution in [3.05, 3.63) is 29.8 Å². The minimum absolute atomic E-state index is 0.0562. The fraction of sp³-hybridized carbons (Fsp3) is 0.417. The summed E-state index contributed by atoms with van der Waals surface area (Å²) < 4.78 is 24.3. The third-order valence-electron chi connectivity index (χ3n) is 2.99. The zero-order valence-corrected chi connectivity index (χ0v) is 9.96. The third kappa shape index (κ3) is 2.02. The average Bonchev–Trinajstić information content (AvgIpc) is 2.66. The van der Waals surface area contributed by atoms with Crippen molar-refractivity contribution in [2.45, 2.75) is 36.3 Å². The summed E-state index contributed by atoms with van der Waals surface area (Å²) in [6.45, 7) is 1.91. The first kappa shape index (κ1) is 11.3. The van der Waals surface area contributed by atoms with E-state index in [0.29, 0.717) is 17.7 Å². The van der Waals surface area contributed by atoms with E-state index in [-0.39, 0.29) is 12.2 Å². The Balaban J connectivity index is 2.32. The highest BCUT2D eigenvalue weighted by Crippen LogP contribution is 2.27. The molecule has 0 aliphatic heterocycles. The van der Waals surface area contributed by atoms with E-state index in [1.165, 1.54) is 0 Å². The van der Waals surface area contributed by atoms with Crippen LogP contribution in [0.5, 0.6) is 0 Å². The molecule has 0 saturated heterocycles. The normalized spacial score (nSPS) is 21.3. The Kier molecular flexibility index (Phi) is 2.84. The number of carbonyl (C=O) groups is 1. The van der Waals surface area contributed by atoms with Crippen LogP contribution in [-0.2, 0) is 14.6 Å². The van der Waals surface area contributed by atoms with Crippen molar-refractivity contribution in [3.63, 3.8) is 0 Å². The molecule has 0 bridgehead atoms. The van der Waals surface area contributed by atoms with Crippen LogP contribution in [0.25, 0.3) is 0 Å². The number of carbonyl (C=O) groups excluding carboxylic acids is 1. The Bertz CT molecular complexity index is 500. The van der Waals surface area contributed by atoms with E-state index < -0.39 is 15.1 Å². The number of rotatable bonds is 2. The predicted octanol–water partition coefficient (Wildman–Crippen LogP) is 1.89. The smallest absolute Gasteiger partial charge is 0.181 e. The molecule has 1 aromatic rings. The molecule has 0 amide bonds. The van der Waals surface area contributed by atoms with Gasteiger partial charge in [0.05, 0.1) is 10.1 Å². The summed E-state index contributed by atoms with van der Waals surface area (Å²) in [5, 5.41) is -0.511. The Morgan fingerprint density at radius 2 is 1.81 bits per heavy atom. The van der Waals surface area contributed by atoms with Crippen molar-refractivity contribution in [1.82, 2.24) is 0 Å². The van der Waals surface area contributed by atoms with Crippen molar-refractivity contribution in [2.24, 2.45) is 0 Å². The van der Waals surface area contributed by atoms with E-state index >= 15 is 0 Å². The quantitative estimate of drug-likeness (QED) is 0.790. The molecule has 0 spiro atoms. The zero-order valence-electron chi connectivity index (χ0n) is 9.14. The van der Waals surface area contributed by atoms with Crippen molar-refractivity contribution in [1.29, 1.82) is 0 Å².